The molecule has 0 aromatic carbocycles. The van der Waals surface area contributed by atoms with Crippen molar-refractivity contribution in [3.8, 4) is 0 Å². The average molecular weight is 241 g/mol. The van der Waals surface area contributed by atoms with Crippen LogP contribution in [0.15, 0.2) is 0 Å². The Kier molecular flexibility index (Phi) is 2.69. The first-order valence-electron chi connectivity index (χ1n) is 6.26. The fourth-order valence-electron chi connectivity index (χ4n) is 3.52. The molecular formula is C13H23NO3. The summed E-state index contributed by atoms with van der Waals surface area (Å²) in [6.07, 6.45) is 1.80. The lowest BCUT2D eigenvalue weighted by Gasteiger charge is -2.61. The number of amides is 1. The smallest absolute Gasteiger partial charge is 0.410 e. The van der Waals surface area contributed by atoms with E-state index in [0.717, 1.165) is 19.4 Å². The Morgan fingerprint density at radius 2 is 1.94 bits per heavy atom. The summed E-state index contributed by atoms with van der Waals surface area (Å²) in [5.74, 6) is 0. The number of carbonyl (C=O) groups is 1. The van der Waals surface area contributed by atoms with E-state index in [2.05, 4.69) is 6.92 Å². The van der Waals surface area contributed by atoms with Gasteiger partial charge in [-0.1, -0.05) is 6.92 Å². The highest BCUT2D eigenvalue weighted by molar-refractivity contribution is 5.68. The van der Waals surface area contributed by atoms with Gasteiger partial charge < -0.3 is 14.7 Å². The Balaban J connectivity index is 2.02. The van der Waals surface area contributed by atoms with E-state index in [9.17, 15) is 9.90 Å². The van der Waals surface area contributed by atoms with E-state index >= 15 is 0 Å². The number of nitrogens with zero attached hydrogens (tertiary/aromatic N) is 1. The van der Waals surface area contributed by atoms with Gasteiger partial charge >= 0.3 is 6.09 Å². The van der Waals surface area contributed by atoms with Crippen molar-refractivity contribution >= 4 is 6.09 Å². The first-order valence-corrected chi connectivity index (χ1v) is 6.26. The van der Waals surface area contributed by atoms with E-state index in [4.69, 9.17) is 4.74 Å². The number of fused-ring (bicyclic) bond motifs is 2. The number of aliphatic hydroxyl groups excluding tert-OH is 1. The largest absolute Gasteiger partial charge is 0.444 e. The maximum atomic E-state index is 12.0. The van der Waals surface area contributed by atoms with Gasteiger partial charge in [0, 0.05) is 18.5 Å². The molecule has 3 fully saturated rings. The minimum absolute atomic E-state index is 0.0656. The van der Waals surface area contributed by atoms with Crippen LogP contribution in [0.25, 0.3) is 0 Å². The summed E-state index contributed by atoms with van der Waals surface area (Å²) < 4.78 is 5.39. The lowest BCUT2D eigenvalue weighted by Crippen LogP contribution is -2.64. The van der Waals surface area contributed by atoms with Crippen LogP contribution in [0.2, 0.25) is 0 Å². The third-order valence-electron chi connectivity index (χ3n) is 3.69. The molecule has 2 aliphatic heterocycles. The number of piperidine rings is 2. The summed E-state index contributed by atoms with van der Waals surface area (Å²) in [5.41, 5.74) is -0.339. The fourth-order valence-corrected chi connectivity index (χ4v) is 3.52. The Morgan fingerprint density at radius 3 is 2.41 bits per heavy atom. The van der Waals surface area contributed by atoms with Crippen molar-refractivity contribution in [2.24, 2.45) is 10.8 Å². The van der Waals surface area contributed by atoms with Crippen LogP contribution in [-0.2, 0) is 4.74 Å². The highest BCUT2D eigenvalue weighted by atomic mass is 16.6. The molecule has 2 bridgehead atoms. The fraction of sp³-hybridized carbons (Fsp3) is 0.923. The highest BCUT2D eigenvalue weighted by Gasteiger charge is 2.57. The topological polar surface area (TPSA) is 49.8 Å². The number of ether oxygens (including phenoxy) is 1. The van der Waals surface area contributed by atoms with Gasteiger partial charge in [-0.15, -0.1) is 0 Å². The van der Waals surface area contributed by atoms with Crippen molar-refractivity contribution in [2.75, 3.05) is 19.7 Å². The number of hydrogen-bond donors (Lipinski definition) is 1. The molecule has 0 unspecified atom stereocenters. The molecule has 0 spiro atoms. The summed E-state index contributed by atoms with van der Waals surface area (Å²) in [6, 6.07) is 0. The third kappa shape index (κ3) is 2.41. The van der Waals surface area contributed by atoms with E-state index in [0.29, 0.717) is 6.54 Å². The second kappa shape index (κ2) is 3.61. The molecule has 3 aliphatic rings. The monoisotopic (exact) mass is 241 g/mol. The molecule has 0 atom stereocenters. The number of carbonyl (C=O) groups excluding carboxylic acids is 1. The third-order valence-corrected chi connectivity index (χ3v) is 3.69. The van der Waals surface area contributed by atoms with Crippen molar-refractivity contribution in [3.63, 3.8) is 0 Å². The van der Waals surface area contributed by atoms with Gasteiger partial charge in [0.05, 0.1) is 6.61 Å². The first-order chi connectivity index (χ1) is 7.67. The van der Waals surface area contributed by atoms with Crippen LogP contribution in [0.1, 0.15) is 40.5 Å². The molecule has 0 aromatic rings. The summed E-state index contributed by atoms with van der Waals surface area (Å²) in [5, 5.41) is 9.46. The van der Waals surface area contributed by atoms with Crippen LogP contribution in [0, 0.1) is 10.8 Å². The number of hydrogen-bond acceptors (Lipinski definition) is 3. The Labute approximate surface area is 103 Å². The molecule has 1 N–H and O–H groups in total. The van der Waals surface area contributed by atoms with Gasteiger partial charge in [-0.25, -0.2) is 4.79 Å². The lowest BCUT2D eigenvalue weighted by molar-refractivity contribution is -0.142. The normalized spacial score (nSPS) is 36.4. The van der Waals surface area contributed by atoms with Gasteiger partial charge in [0.2, 0.25) is 0 Å². The Morgan fingerprint density at radius 1 is 1.35 bits per heavy atom. The van der Waals surface area contributed by atoms with Gasteiger partial charge in [0.1, 0.15) is 5.60 Å². The molecule has 1 aliphatic carbocycles. The van der Waals surface area contributed by atoms with Gasteiger partial charge in [0.15, 0.2) is 0 Å². The van der Waals surface area contributed by atoms with E-state index in [-0.39, 0.29) is 23.5 Å². The van der Waals surface area contributed by atoms with E-state index in [1.165, 1.54) is 0 Å². The molecule has 98 valence electrons. The quantitative estimate of drug-likeness (QED) is 0.764. The van der Waals surface area contributed by atoms with Crippen LogP contribution in [0.5, 0.6) is 0 Å². The maximum Gasteiger partial charge on any atom is 0.410 e. The van der Waals surface area contributed by atoms with Crippen LogP contribution in [0.4, 0.5) is 4.79 Å². The molecule has 1 amide bonds. The first kappa shape index (κ1) is 12.7. The molecule has 17 heavy (non-hydrogen) atoms. The SMILES string of the molecule is CC12CN(C(=O)OC(C)(C)C)CC(CO)(C1)C2. The van der Waals surface area contributed by atoms with E-state index < -0.39 is 5.60 Å². The standard InChI is InChI=1S/C13H23NO3/c1-11(2,3)17-10(16)14-7-12(4)5-13(6-12,8-14)9-15/h15H,5-9H2,1-4H3. The van der Waals surface area contributed by atoms with Crippen molar-refractivity contribution in [3.05, 3.63) is 0 Å². The molecule has 3 rings (SSSR count). The Bertz CT molecular complexity index is 326. The predicted octanol–water partition coefficient (Wildman–Crippen LogP) is 2.02. The second-order valence-corrected chi connectivity index (χ2v) is 7.16. The molecule has 2 saturated heterocycles. The van der Waals surface area contributed by atoms with Gasteiger partial charge in [-0.3, -0.25) is 0 Å². The summed E-state index contributed by atoms with van der Waals surface area (Å²) >= 11 is 0. The predicted molar refractivity (Wildman–Crippen MR) is 64.7 cm³/mol. The van der Waals surface area contributed by atoms with Crippen molar-refractivity contribution in [2.45, 2.75) is 46.1 Å². The Hall–Kier alpha value is -0.770. The van der Waals surface area contributed by atoms with Crippen LogP contribution >= 0.6 is 0 Å². The summed E-state index contributed by atoms with van der Waals surface area (Å²) in [6.45, 7) is 9.36. The minimum Gasteiger partial charge on any atom is -0.444 e. The zero-order chi connectivity index (χ0) is 12.9. The van der Waals surface area contributed by atoms with Gasteiger partial charge in [-0.2, -0.15) is 0 Å². The molecule has 4 nitrogen and oxygen atoms in total. The number of aliphatic hydroxyl groups is 1. The van der Waals surface area contributed by atoms with Crippen LogP contribution < -0.4 is 0 Å². The zero-order valence-electron chi connectivity index (χ0n) is 11.2. The lowest BCUT2D eigenvalue weighted by atomic mass is 9.51. The van der Waals surface area contributed by atoms with Crippen molar-refractivity contribution in [1.82, 2.24) is 4.90 Å². The molecular weight excluding hydrogens is 218 g/mol. The van der Waals surface area contributed by atoms with Crippen LogP contribution in [0.3, 0.4) is 0 Å². The van der Waals surface area contributed by atoms with Crippen LogP contribution in [-0.4, -0.2) is 41.4 Å². The molecule has 0 aromatic heterocycles. The summed E-state index contributed by atoms with van der Waals surface area (Å²) in [4.78, 5) is 13.8. The molecule has 1 saturated carbocycles. The number of rotatable bonds is 1. The molecule has 4 heteroatoms. The van der Waals surface area contributed by atoms with E-state index in [1.807, 2.05) is 20.8 Å². The van der Waals surface area contributed by atoms with Gasteiger partial charge in [0.25, 0.3) is 0 Å². The van der Waals surface area contributed by atoms with Crippen molar-refractivity contribution < 1.29 is 14.6 Å². The second-order valence-electron chi connectivity index (χ2n) is 7.16. The molecule has 2 heterocycles. The van der Waals surface area contributed by atoms with Crippen molar-refractivity contribution in [1.29, 1.82) is 0 Å². The summed E-state index contributed by atoms with van der Waals surface area (Å²) in [7, 11) is 0. The van der Waals surface area contributed by atoms with E-state index in [1.54, 1.807) is 4.90 Å². The molecule has 0 radical (unpaired) electrons. The zero-order valence-corrected chi connectivity index (χ0v) is 11.2. The highest BCUT2D eigenvalue weighted by Crippen LogP contribution is 2.58. The minimum atomic E-state index is -0.452. The average Bonchev–Trinajstić information content (AvgIpc) is 2.12. The van der Waals surface area contributed by atoms with Gasteiger partial charge in [-0.05, 0) is 39.0 Å². The maximum absolute atomic E-state index is 12.0.